The molecule has 0 aliphatic carbocycles. The number of hydrogen-bond acceptors (Lipinski definition) is 4. The highest BCUT2D eigenvalue weighted by Crippen LogP contribution is 2.28. The highest BCUT2D eigenvalue weighted by atomic mass is 32.2. The summed E-state index contributed by atoms with van der Waals surface area (Å²) in [5, 5.41) is 15.9. The van der Waals surface area contributed by atoms with Gasteiger partial charge in [-0.3, -0.25) is 9.58 Å². The average molecular weight is 298 g/mol. The molecule has 1 aliphatic heterocycles. The number of carbonyl (C=O) groups excluding carboxylic acids is 1. The zero-order chi connectivity index (χ0) is 14.7. The maximum absolute atomic E-state index is 12.2. The summed E-state index contributed by atoms with van der Waals surface area (Å²) in [5.41, 5.74) is 0. The molecular formula is C12H18N4O3S. The smallest absolute Gasteiger partial charge is 0.327 e. The minimum Gasteiger partial charge on any atom is -0.480 e. The molecule has 7 nitrogen and oxygen atoms in total. The molecule has 8 heteroatoms. The molecule has 1 aromatic rings. The van der Waals surface area contributed by atoms with Gasteiger partial charge in [0.1, 0.15) is 6.04 Å². The number of carbonyl (C=O) groups is 2. The van der Waals surface area contributed by atoms with Crippen molar-refractivity contribution in [2.45, 2.75) is 37.8 Å². The number of rotatable bonds is 4. The van der Waals surface area contributed by atoms with Crippen LogP contribution in [0.3, 0.4) is 0 Å². The second-order valence-corrected chi connectivity index (χ2v) is 6.12. The Kier molecular flexibility index (Phi) is 4.53. The van der Waals surface area contributed by atoms with Crippen LogP contribution in [0.25, 0.3) is 0 Å². The van der Waals surface area contributed by atoms with E-state index in [2.05, 4.69) is 10.4 Å². The van der Waals surface area contributed by atoms with Gasteiger partial charge < -0.3 is 10.4 Å². The normalized spacial score (nSPS) is 23.6. The maximum Gasteiger partial charge on any atom is 0.327 e. The predicted molar refractivity (Wildman–Crippen MR) is 75.4 cm³/mol. The lowest BCUT2D eigenvalue weighted by molar-refractivity contribution is -0.141. The largest absolute Gasteiger partial charge is 0.480 e. The Hall–Kier alpha value is -1.70. The first kappa shape index (κ1) is 14.7. The Labute approximate surface area is 121 Å². The van der Waals surface area contributed by atoms with Crippen molar-refractivity contribution in [1.29, 1.82) is 0 Å². The molecule has 2 amide bonds. The lowest BCUT2D eigenvalue weighted by atomic mass is 10.3. The lowest BCUT2D eigenvalue weighted by Gasteiger charge is -2.27. The standard InChI is InChI=1S/C12H18N4O3S/c1-8(6-15-5-3-4-13-15)14-12(19)16-9(2)20-7-10(16)11(17)18/h3-5,8-10H,6-7H2,1-2H3,(H,14,19)(H,17,18). The fourth-order valence-corrected chi connectivity index (χ4v) is 3.33. The summed E-state index contributed by atoms with van der Waals surface area (Å²) >= 11 is 1.47. The summed E-state index contributed by atoms with van der Waals surface area (Å²) in [7, 11) is 0. The second kappa shape index (κ2) is 6.17. The van der Waals surface area contributed by atoms with Crippen molar-refractivity contribution in [3.8, 4) is 0 Å². The summed E-state index contributed by atoms with van der Waals surface area (Å²) in [6.45, 7) is 4.25. The molecule has 2 heterocycles. The number of nitrogens with one attached hydrogen (secondary N) is 1. The molecular weight excluding hydrogens is 280 g/mol. The summed E-state index contributed by atoms with van der Waals surface area (Å²) < 4.78 is 1.72. The Morgan fingerprint density at radius 1 is 1.60 bits per heavy atom. The van der Waals surface area contributed by atoms with Crippen LogP contribution in [0.2, 0.25) is 0 Å². The van der Waals surface area contributed by atoms with E-state index >= 15 is 0 Å². The lowest BCUT2D eigenvalue weighted by Crippen LogP contribution is -2.52. The number of carboxylic acid groups (broad SMARTS) is 1. The third kappa shape index (κ3) is 3.24. The molecule has 1 saturated heterocycles. The zero-order valence-electron chi connectivity index (χ0n) is 11.4. The van der Waals surface area contributed by atoms with E-state index in [1.54, 1.807) is 10.9 Å². The number of urea groups is 1. The van der Waals surface area contributed by atoms with E-state index in [4.69, 9.17) is 5.11 Å². The van der Waals surface area contributed by atoms with Gasteiger partial charge in [0.15, 0.2) is 0 Å². The van der Waals surface area contributed by atoms with Gasteiger partial charge in [0, 0.05) is 24.2 Å². The number of hydrogen-bond donors (Lipinski definition) is 2. The SMILES string of the molecule is CC(Cn1cccn1)NC(=O)N1C(C)SCC1C(=O)O. The van der Waals surface area contributed by atoms with E-state index in [1.807, 2.05) is 26.1 Å². The van der Waals surface area contributed by atoms with Crippen molar-refractivity contribution in [3.05, 3.63) is 18.5 Å². The quantitative estimate of drug-likeness (QED) is 0.859. The molecule has 1 fully saturated rings. The monoisotopic (exact) mass is 298 g/mol. The van der Waals surface area contributed by atoms with Crippen LogP contribution in [-0.4, -0.2) is 55.0 Å². The van der Waals surface area contributed by atoms with Crippen molar-refractivity contribution >= 4 is 23.8 Å². The van der Waals surface area contributed by atoms with E-state index in [0.29, 0.717) is 12.3 Å². The number of amides is 2. The van der Waals surface area contributed by atoms with Gasteiger partial charge in [-0.15, -0.1) is 11.8 Å². The van der Waals surface area contributed by atoms with Crippen molar-refractivity contribution in [1.82, 2.24) is 20.0 Å². The summed E-state index contributed by atoms with van der Waals surface area (Å²) in [5.74, 6) is -0.533. The van der Waals surface area contributed by atoms with Crippen LogP contribution in [0, 0.1) is 0 Å². The van der Waals surface area contributed by atoms with E-state index in [1.165, 1.54) is 16.7 Å². The fourth-order valence-electron chi connectivity index (χ4n) is 2.16. The molecule has 2 N–H and O–H groups in total. The Balaban J connectivity index is 1.94. The molecule has 1 aliphatic rings. The predicted octanol–water partition coefficient (Wildman–Crippen LogP) is 0.829. The average Bonchev–Trinajstić information content (AvgIpc) is 2.97. The van der Waals surface area contributed by atoms with Gasteiger partial charge >= 0.3 is 12.0 Å². The minimum absolute atomic E-state index is 0.130. The third-order valence-electron chi connectivity index (χ3n) is 3.13. The molecule has 3 atom stereocenters. The highest BCUT2D eigenvalue weighted by Gasteiger charge is 2.39. The van der Waals surface area contributed by atoms with Gasteiger partial charge in [-0.05, 0) is 19.9 Å². The summed E-state index contributed by atoms with van der Waals surface area (Å²) in [6, 6.07) is 0.588. The van der Waals surface area contributed by atoms with Gasteiger partial charge in [0.2, 0.25) is 0 Å². The van der Waals surface area contributed by atoms with E-state index in [-0.39, 0.29) is 17.4 Å². The first-order chi connectivity index (χ1) is 9.49. The van der Waals surface area contributed by atoms with Gasteiger partial charge in [-0.1, -0.05) is 0 Å². The van der Waals surface area contributed by atoms with E-state index in [9.17, 15) is 9.59 Å². The summed E-state index contributed by atoms with van der Waals surface area (Å²) in [6.07, 6.45) is 3.49. The Morgan fingerprint density at radius 2 is 2.35 bits per heavy atom. The van der Waals surface area contributed by atoms with Crippen molar-refractivity contribution in [2.75, 3.05) is 5.75 Å². The van der Waals surface area contributed by atoms with Crippen molar-refractivity contribution in [2.24, 2.45) is 0 Å². The van der Waals surface area contributed by atoms with Gasteiger partial charge in [-0.25, -0.2) is 9.59 Å². The fraction of sp³-hybridized carbons (Fsp3) is 0.583. The van der Waals surface area contributed by atoms with Crippen LogP contribution < -0.4 is 5.32 Å². The van der Waals surface area contributed by atoms with Gasteiger partial charge in [-0.2, -0.15) is 5.10 Å². The van der Waals surface area contributed by atoms with Crippen LogP contribution >= 0.6 is 11.8 Å². The molecule has 20 heavy (non-hydrogen) atoms. The molecule has 0 saturated carbocycles. The third-order valence-corrected chi connectivity index (χ3v) is 4.35. The van der Waals surface area contributed by atoms with Crippen molar-refractivity contribution < 1.29 is 14.7 Å². The number of thioether (sulfide) groups is 1. The first-order valence-electron chi connectivity index (χ1n) is 6.39. The topological polar surface area (TPSA) is 87.5 Å². The maximum atomic E-state index is 12.2. The van der Waals surface area contributed by atoms with Crippen LogP contribution in [0.15, 0.2) is 18.5 Å². The van der Waals surface area contributed by atoms with Gasteiger partial charge in [0.25, 0.3) is 0 Å². The molecule has 2 rings (SSSR count). The highest BCUT2D eigenvalue weighted by molar-refractivity contribution is 8.00. The molecule has 0 aromatic carbocycles. The zero-order valence-corrected chi connectivity index (χ0v) is 12.2. The van der Waals surface area contributed by atoms with E-state index in [0.717, 1.165) is 0 Å². The molecule has 0 radical (unpaired) electrons. The first-order valence-corrected chi connectivity index (χ1v) is 7.44. The van der Waals surface area contributed by atoms with Crippen LogP contribution in [0.5, 0.6) is 0 Å². The Morgan fingerprint density at radius 3 is 2.95 bits per heavy atom. The minimum atomic E-state index is -0.961. The molecule has 3 unspecified atom stereocenters. The number of carboxylic acids is 1. The molecule has 1 aromatic heterocycles. The number of aliphatic carboxylic acids is 1. The second-order valence-electron chi connectivity index (χ2n) is 4.77. The molecule has 0 bridgehead atoms. The van der Waals surface area contributed by atoms with E-state index < -0.39 is 12.0 Å². The van der Waals surface area contributed by atoms with Crippen molar-refractivity contribution in [3.63, 3.8) is 0 Å². The molecule has 110 valence electrons. The number of aromatic nitrogens is 2. The molecule has 0 spiro atoms. The summed E-state index contributed by atoms with van der Waals surface area (Å²) in [4.78, 5) is 24.8. The van der Waals surface area contributed by atoms with Crippen LogP contribution in [0.1, 0.15) is 13.8 Å². The number of nitrogens with zero attached hydrogens (tertiary/aromatic N) is 3. The van der Waals surface area contributed by atoms with Gasteiger partial charge in [0.05, 0.1) is 11.9 Å². The van der Waals surface area contributed by atoms with Crippen LogP contribution in [0.4, 0.5) is 4.79 Å². The Bertz CT molecular complexity index is 479. The van der Waals surface area contributed by atoms with Crippen LogP contribution in [-0.2, 0) is 11.3 Å².